The zero-order chi connectivity index (χ0) is 21.0. The molecule has 0 N–H and O–H groups in total. The number of carbonyl (C=O) groups is 2. The minimum Gasteiger partial charge on any atom is -0.493 e. The Bertz CT molecular complexity index is 941. The van der Waals surface area contributed by atoms with E-state index in [0.29, 0.717) is 13.1 Å². The van der Waals surface area contributed by atoms with Crippen molar-refractivity contribution in [3.05, 3.63) is 49.7 Å². The number of rotatable bonds is 7. The summed E-state index contributed by atoms with van der Waals surface area (Å²) in [5.74, 6) is -1.01. The molecule has 0 bridgehead atoms. The van der Waals surface area contributed by atoms with Gasteiger partial charge in [0.15, 0.2) is 18.1 Å². The van der Waals surface area contributed by atoms with Crippen LogP contribution in [0, 0.1) is 10.1 Å². The van der Waals surface area contributed by atoms with Gasteiger partial charge in [0.1, 0.15) is 5.56 Å². The topological polar surface area (TPSA) is 108 Å². The lowest BCUT2D eigenvalue weighted by molar-refractivity contribution is -0.385. The van der Waals surface area contributed by atoms with E-state index >= 15 is 0 Å². The van der Waals surface area contributed by atoms with Crippen LogP contribution < -0.4 is 9.47 Å². The molecule has 10 heteroatoms. The second kappa shape index (κ2) is 8.91. The number of nitro groups is 1. The third-order valence-corrected chi connectivity index (χ3v) is 5.51. The van der Waals surface area contributed by atoms with E-state index in [0.717, 1.165) is 18.1 Å². The van der Waals surface area contributed by atoms with Gasteiger partial charge in [-0.05, 0) is 30.4 Å². The maximum Gasteiger partial charge on any atom is 0.345 e. The Kier molecular flexibility index (Phi) is 6.32. The fourth-order valence-corrected chi connectivity index (χ4v) is 3.94. The van der Waals surface area contributed by atoms with Crippen LogP contribution in [0.15, 0.2) is 23.6 Å². The zero-order valence-electron chi connectivity index (χ0n) is 16.0. The van der Waals surface area contributed by atoms with E-state index in [1.807, 2.05) is 11.4 Å². The zero-order valence-corrected chi connectivity index (χ0v) is 16.8. The van der Waals surface area contributed by atoms with Crippen molar-refractivity contribution >= 4 is 28.9 Å². The molecular formula is C19H20N2O7S. The van der Waals surface area contributed by atoms with Crippen molar-refractivity contribution in [1.29, 1.82) is 0 Å². The average Bonchev–Trinajstić information content (AvgIpc) is 3.19. The minimum atomic E-state index is -0.973. The highest BCUT2D eigenvalue weighted by Crippen LogP contribution is 2.35. The van der Waals surface area contributed by atoms with Crippen LogP contribution in [-0.4, -0.2) is 48.6 Å². The normalized spacial score (nSPS) is 12.8. The largest absolute Gasteiger partial charge is 0.493 e. The quantitative estimate of drug-likeness (QED) is 0.385. The fraction of sp³-hybridized carbons (Fsp3) is 0.368. The monoisotopic (exact) mass is 420 g/mol. The predicted octanol–water partition coefficient (Wildman–Crippen LogP) is 2.81. The molecule has 2 heterocycles. The van der Waals surface area contributed by atoms with Gasteiger partial charge in [-0.15, -0.1) is 11.3 Å². The standard InChI is InChI=1S/C19H20N2O7S/c1-3-27-16-9-14(21(24)25)13(8-15(16)26-2)19(23)28-11-18(22)20-6-4-17-12(10-20)5-7-29-17/h5,7-9H,3-4,6,10-11H2,1-2H3. The molecule has 0 spiro atoms. The Morgan fingerprint density at radius 2 is 2.10 bits per heavy atom. The van der Waals surface area contributed by atoms with Crippen molar-refractivity contribution in [1.82, 2.24) is 4.90 Å². The molecule has 1 amide bonds. The summed E-state index contributed by atoms with van der Waals surface area (Å²) in [4.78, 5) is 38.4. The second-order valence-electron chi connectivity index (χ2n) is 6.22. The first-order chi connectivity index (χ1) is 13.9. The van der Waals surface area contributed by atoms with Gasteiger partial charge in [0.2, 0.25) is 0 Å². The molecule has 0 saturated carbocycles. The number of carbonyl (C=O) groups excluding carboxylic acids is 2. The Balaban J connectivity index is 1.71. The molecule has 0 fully saturated rings. The number of fused-ring (bicyclic) bond motifs is 1. The highest BCUT2D eigenvalue weighted by atomic mass is 32.1. The number of hydrogen-bond acceptors (Lipinski definition) is 8. The van der Waals surface area contributed by atoms with Crippen LogP contribution in [0.3, 0.4) is 0 Å². The van der Waals surface area contributed by atoms with Crippen LogP contribution in [0.2, 0.25) is 0 Å². The highest BCUT2D eigenvalue weighted by Gasteiger charge is 2.28. The van der Waals surface area contributed by atoms with Crippen LogP contribution >= 0.6 is 11.3 Å². The number of esters is 1. The van der Waals surface area contributed by atoms with Gasteiger partial charge in [-0.25, -0.2) is 4.79 Å². The summed E-state index contributed by atoms with van der Waals surface area (Å²) in [6, 6.07) is 4.28. The molecule has 1 aliphatic heterocycles. The van der Waals surface area contributed by atoms with Gasteiger partial charge < -0.3 is 19.1 Å². The lowest BCUT2D eigenvalue weighted by atomic mass is 10.1. The van der Waals surface area contributed by atoms with Gasteiger partial charge in [-0.1, -0.05) is 0 Å². The van der Waals surface area contributed by atoms with Crippen molar-refractivity contribution in [2.45, 2.75) is 19.9 Å². The van der Waals surface area contributed by atoms with Crippen LogP contribution in [0.5, 0.6) is 11.5 Å². The number of nitrogens with zero attached hydrogens (tertiary/aromatic N) is 2. The maximum atomic E-state index is 12.5. The Labute approximate surface area is 170 Å². The molecule has 9 nitrogen and oxygen atoms in total. The summed E-state index contributed by atoms with van der Waals surface area (Å²) in [7, 11) is 1.36. The summed E-state index contributed by atoms with van der Waals surface area (Å²) >= 11 is 1.66. The van der Waals surface area contributed by atoms with Crippen molar-refractivity contribution in [2.24, 2.45) is 0 Å². The molecule has 1 aromatic carbocycles. The highest BCUT2D eigenvalue weighted by molar-refractivity contribution is 7.10. The summed E-state index contributed by atoms with van der Waals surface area (Å²) in [6.45, 7) is 2.50. The number of benzene rings is 1. The van der Waals surface area contributed by atoms with Gasteiger partial charge in [0.05, 0.1) is 24.7 Å². The lowest BCUT2D eigenvalue weighted by Crippen LogP contribution is -2.38. The Morgan fingerprint density at radius 1 is 1.31 bits per heavy atom. The van der Waals surface area contributed by atoms with Gasteiger partial charge in [-0.2, -0.15) is 0 Å². The SMILES string of the molecule is CCOc1cc([N+](=O)[O-])c(C(=O)OCC(=O)N2CCc3sccc3C2)cc1OC. The molecular weight excluding hydrogens is 400 g/mol. The Morgan fingerprint density at radius 3 is 2.79 bits per heavy atom. The molecule has 154 valence electrons. The second-order valence-corrected chi connectivity index (χ2v) is 7.22. The van der Waals surface area contributed by atoms with E-state index in [2.05, 4.69) is 0 Å². The van der Waals surface area contributed by atoms with E-state index in [-0.39, 0.29) is 29.6 Å². The number of amides is 1. The summed E-state index contributed by atoms with van der Waals surface area (Å²) < 4.78 is 15.5. The number of thiophene rings is 1. The molecule has 29 heavy (non-hydrogen) atoms. The number of methoxy groups -OCH3 is 1. The Hall–Kier alpha value is -3.14. The van der Waals surface area contributed by atoms with E-state index < -0.39 is 23.2 Å². The third kappa shape index (κ3) is 4.48. The molecule has 0 unspecified atom stereocenters. The lowest BCUT2D eigenvalue weighted by Gasteiger charge is -2.26. The van der Waals surface area contributed by atoms with E-state index in [1.54, 1.807) is 23.2 Å². The maximum absolute atomic E-state index is 12.5. The molecule has 2 aromatic rings. The van der Waals surface area contributed by atoms with E-state index in [9.17, 15) is 19.7 Å². The van der Waals surface area contributed by atoms with Crippen LogP contribution in [0.4, 0.5) is 5.69 Å². The predicted molar refractivity (Wildman–Crippen MR) is 105 cm³/mol. The number of nitro benzene ring substituents is 1. The molecule has 1 aromatic heterocycles. The van der Waals surface area contributed by atoms with Gasteiger partial charge in [-0.3, -0.25) is 14.9 Å². The van der Waals surface area contributed by atoms with Crippen molar-refractivity contribution in [3.63, 3.8) is 0 Å². The van der Waals surface area contributed by atoms with Crippen LogP contribution in [0.1, 0.15) is 27.7 Å². The first-order valence-corrected chi connectivity index (χ1v) is 9.81. The van der Waals surface area contributed by atoms with Gasteiger partial charge >= 0.3 is 5.97 Å². The number of hydrogen-bond donors (Lipinski definition) is 0. The van der Waals surface area contributed by atoms with Gasteiger partial charge in [0, 0.05) is 24.0 Å². The average molecular weight is 420 g/mol. The molecule has 0 saturated heterocycles. The van der Waals surface area contributed by atoms with Crippen molar-refractivity contribution in [3.8, 4) is 11.5 Å². The van der Waals surface area contributed by atoms with Gasteiger partial charge in [0.25, 0.3) is 11.6 Å². The first-order valence-electron chi connectivity index (χ1n) is 8.94. The third-order valence-electron chi connectivity index (χ3n) is 4.49. The smallest absolute Gasteiger partial charge is 0.345 e. The first kappa shape index (κ1) is 20.6. The number of ether oxygens (including phenoxy) is 3. The molecule has 0 atom stereocenters. The molecule has 3 rings (SSSR count). The van der Waals surface area contributed by atoms with E-state index in [4.69, 9.17) is 14.2 Å². The van der Waals surface area contributed by atoms with Crippen molar-refractivity contribution in [2.75, 3.05) is 26.9 Å². The summed E-state index contributed by atoms with van der Waals surface area (Å²) in [5, 5.41) is 13.4. The minimum absolute atomic E-state index is 0.147. The molecule has 0 aliphatic carbocycles. The van der Waals surface area contributed by atoms with E-state index in [1.165, 1.54) is 18.1 Å². The van der Waals surface area contributed by atoms with Crippen LogP contribution in [-0.2, 0) is 22.5 Å². The van der Waals surface area contributed by atoms with Crippen LogP contribution in [0.25, 0.3) is 0 Å². The summed E-state index contributed by atoms with van der Waals surface area (Å²) in [5.41, 5.74) is 0.308. The molecule has 1 aliphatic rings. The summed E-state index contributed by atoms with van der Waals surface area (Å²) in [6.07, 6.45) is 0.758. The van der Waals surface area contributed by atoms with Crippen molar-refractivity contribution < 1.29 is 28.7 Å². The molecule has 0 radical (unpaired) electrons. The fourth-order valence-electron chi connectivity index (χ4n) is 3.05.